The molecule has 4 saturated heterocycles. The van der Waals surface area contributed by atoms with Gasteiger partial charge in [0.05, 0.1) is 25.8 Å². The maximum Gasteiger partial charge on any atom is 0.325 e. The summed E-state index contributed by atoms with van der Waals surface area (Å²) >= 11 is 0. The van der Waals surface area contributed by atoms with Crippen LogP contribution in [0.15, 0.2) is 30.3 Å². The minimum Gasteiger partial charge on any atom is -0.425 e. The first-order chi connectivity index (χ1) is 21.2. The Morgan fingerprint density at radius 2 is 1.43 bits per heavy atom. The van der Waals surface area contributed by atoms with Gasteiger partial charge < -0.3 is 18.9 Å². The van der Waals surface area contributed by atoms with Crippen LogP contribution in [-0.4, -0.2) is 80.8 Å². The first kappa shape index (κ1) is 31.2. The summed E-state index contributed by atoms with van der Waals surface area (Å²) in [5.74, 6) is 0.988. The van der Waals surface area contributed by atoms with Gasteiger partial charge in [0.1, 0.15) is 11.5 Å². The predicted octanol–water partition coefficient (Wildman–Crippen LogP) is 5.21. The van der Waals surface area contributed by atoms with Crippen molar-refractivity contribution in [3.05, 3.63) is 58.1 Å². The largest absolute Gasteiger partial charge is 0.425 e. The molecule has 0 aromatic heterocycles. The van der Waals surface area contributed by atoms with Gasteiger partial charge >= 0.3 is 11.9 Å². The molecule has 8 nitrogen and oxygen atoms in total. The van der Waals surface area contributed by atoms with Crippen LogP contribution in [0.25, 0.3) is 0 Å². The van der Waals surface area contributed by atoms with Gasteiger partial charge in [0.2, 0.25) is 0 Å². The van der Waals surface area contributed by atoms with Crippen molar-refractivity contribution in [3.8, 4) is 11.5 Å². The van der Waals surface area contributed by atoms with E-state index in [1.165, 1.54) is 0 Å². The number of carbonyl (C=O) groups excluding carboxylic acids is 2. The SMILES string of the molecule is CCc1cc(C2OCC23CCN(CC(=O)Oc2c(C)cccc2C)C3)cc(CC)c1OC(=O)CN1CCC2(CCOCC2)C1. The second-order valence-electron chi connectivity index (χ2n) is 13.6. The van der Waals surface area contributed by atoms with Crippen molar-refractivity contribution in [2.45, 2.75) is 72.3 Å². The molecule has 44 heavy (non-hydrogen) atoms. The number of esters is 2. The van der Waals surface area contributed by atoms with E-state index in [1.54, 1.807) is 0 Å². The molecule has 6 rings (SSSR count). The number of hydrogen-bond donors (Lipinski definition) is 0. The Morgan fingerprint density at radius 3 is 2.02 bits per heavy atom. The van der Waals surface area contributed by atoms with Crippen LogP contribution in [0.3, 0.4) is 0 Å². The van der Waals surface area contributed by atoms with E-state index in [0.717, 1.165) is 111 Å². The lowest BCUT2D eigenvalue weighted by molar-refractivity contribution is -0.184. The zero-order chi connectivity index (χ0) is 30.9. The smallest absolute Gasteiger partial charge is 0.325 e. The van der Waals surface area contributed by atoms with Gasteiger partial charge in [0, 0.05) is 31.7 Å². The highest BCUT2D eigenvalue weighted by Gasteiger charge is 2.53. The van der Waals surface area contributed by atoms with E-state index in [-0.39, 0.29) is 30.0 Å². The summed E-state index contributed by atoms with van der Waals surface area (Å²) in [5.41, 5.74) is 5.46. The Bertz CT molecular complexity index is 1340. The van der Waals surface area contributed by atoms with Crippen molar-refractivity contribution in [1.29, 1.82) is 0 Å². The molecule has 8 heteroatoms. The number of para-hydroxylation sites is 1. The first-order valence-corrected chi connectivity index (χ1v) is 16.5. The maximum atomic E-state index is 13.2. The molecule has 2 aromatic carbocycles. The summed E-state index contributed by atoms with van der Waals surface area (Å²) < 4.78 is 23.7. The molecule has 4 heterocycles. The fraction of sp³-hybridized carbons (Fsp3) is 0.611. The summed E-state index contributed by atoms with van der Waals surface area (Å²) in [6.45, 7) is 14.6. The number of benzene rings is 2. The number of likely N-dealkylation sites (tertiary alicyclic amines) is 2. The molecule has 4 aliphatic heterocycles. The van der Waals surface area contributed by atoms with Gasteiger partial charge in [-0.05, 0) is 111 Å². The molecule has 2 spiro atoms. The Balaban J connectivity index is 1.09. The van der Waals surface area contributed by atoms with Gasteiger partial charge in [-0.3, -0.25) is 19.4 Å². The molecule has 0 amide bonds. The van der Waals surface area contributed by atoms with Crippen LogP contribution in [-0.2, 0) is 31.9 Å². The average Bonchev–Trinajstić information content (AvgIpc) is 3.60. The molecule has 0 N–H and O–H groups in total. The van der Waals surface area contributed by atoms with E-state index in [1.807, 2.05) is 32.0 Å². The number of aryl methyl sites for hydroxylation is 4. The third-order valence-electron chi connectivity index (χ3n) is 10.5. The molecule has 0 saturated carbocycles. The number of rotatable bonds is 9. The van der Waals surface area contributed by atoms with Crippen molar-refractivity contribution in [1.82, 2.24) is 9.80 Å². The third-order valence-corrected chi connectivity index (χ3v) is 10.5. The van der Waals surface area contributed by atoms with E-state index in [4.69, 9.17) is 18.9 Å². The van der Waals surface area contributed by atoms with Gasteiger partial charge in [-0.25, -0.2) is 0 Å². The predicted molar refractivity (Wildman–Crippen MR) is 168 cm³/mol. The summed E-state index contributed by atoms with van der Waals surface area (Å²) in [4.78, 5) is 30.5. The molecule has 2 unspecified atom stereocenters. The minimum absolute atomic E-state index is 0.0249. The second kappa shape index (κ2) is 12.9. The topological polar surface area (TPSA) is 77.5 Å². The fourth-order valence-electron chi connectivity index (χ4n) is 7.88. The van der Waals surface area contributed by atoms with Gasteiger partial charge in [0.15, 0.2) is 0 Å². The van der Waals surface area contributed by atoms with E-state index in [9.17, 15) is 9.59 Å². The van der Waals surface area contributed by atoms with E-state index < -0.39 is 0 Å². The zero-order valence-electron chi connectivity index (χ0n) is 26.9. The first-order valence-electron chi connectivity index (χ1n) is 16.5. The standard InChI is InChI=1S/C36H48N2O6/c1-5-27-18-29(19-28(6-2)33(27)44-31(40)20-37-14-10-35(22-37)12-16-41-17-13-35)34-36(24-42-34)11-15-38(23-36)21-30(39)43-32-25(3)8-7-9-26(32)4/h7-9,18-19,34H,5-6,10-17,20-24H2,1-4H3. The third kappa shape index (κ3) is 6.32. The molecule has 2 atom stereocenters. The molecule has 0 aliphatic carbocycles. The van der Waals surface area contributed by atoms with Gasteiger partial charge in [-0.2, -0.15) is 0 Å². The molecule has 2 aromatic rings. The van der Waals surface area contributed by atoms with Crippen molar-refractivity contribution in [3.63, 3.8) is 0 Å². The molecule has 0 radical (unpaired) electrons. The lowest BCUT2D eigenvalue weighted by atomic mass is 9.73. The van der Waals surface area contributed by atoms with Crippen LogP contribution in [0.2, 0.25) is 0 Å². The minimum atomic E-state index is -0.221. The van der Waals surface area contributed by atoms with Crippen LogP contribution in [0.5, 0.6) is 11.5 Å². The van der Waals surface area contributed by atoms with E-state index >= 15 is 0 Å². The monoisotopic (exact) mass is 604 g/mol. The Morgan fingerprint density at radius 1 is 0.841 bits per heavy atom. The molecular formula is C36H48N2O6. The average molecular weight is 605 g/mol. The van der Waals surface area contributed by atoms with E-state index in [2.05, 4.69) is 35.8 Å². The highest BCUT2D eigenvalue weighted by atomic mass is 16.5. The van der Waals surface area contributed by atoms with Crippen molar-refractivity contribution in [2.75, 3.05) is 59.1 Å². The van der Waals surface area contributed by atoms with Crippen molar-refractivity contribution < 1.29 is 28.5 Å². The number of carbonyl (C=O) groups is 2. The van der Waals surface area contributed by atoms with Gasteiger partial charge in [-0.1, -0.05) is 32.0 Å². The maximum absolute atomic E-state index is 13.2. The fourth-order valence-corrected chi connectivity index (χ4v) is 7.88. The highest BCUT2D eigenvalue weighted by Crippen LogP contribution is 2.53. The Kier molecular flexibility index (Phi) is 9.16. The molecule has 238 valence electrons. The second-order valence-corrected chi connectivity index (χ2v) is 13.6. The van der Waals surface area contributed by atoms with Gasteiger partial charge in [-0.15, -0.1) is 0 Å². The van der Waals surface area contributed by atoms with Crippen LogP contribution < -0.4 is 9.47 Å². The quantitative estimate of drug-likeness (QED) is 0.286. The number of ether oxygens (including phenoxy) is 4. The lowest BCUT2D eigenvalue weighted by Crippen LogP contribution is -2.48. The van der Waals surface area contributed by atoms with Gasteiger partial charge in [0.25, 0.3) is 0 Å². The Hall–Kier alpha value is -2.78. The normalized spacial score (nSPS) is 25.0. The molecule has 0 bridgehead atoms. The van der Waals surface area contributed by atoms with Crippen LogP contribution >= 0.6 is 0 Å². The van der Waals surface area contributed by atoms with Crippen molar-refractivity contribution in [2.24, 2.45) is 10.8 Å². The van der Waals surface area contributed by atoms with Crippen LogP contribution in [0.4, 0.5) is 0 Å². The summed E-state index contributed by atoms with van der Waals surface area (Å²) in [5, 5.41) is 0. The van der Waals surface area contributed by atoms with Crippen molar-refractivity contribution >= 4 is 11.9 Å². The summed E-state index contributed by atoms with van der Waals surface area (Å²) in [6, 6.07) is 10.3. The summed E-state index contributed by atoms with van der Waals surface area (Å²) in [7, 11) is 0. The lowest BCUT2D eigenvalue weighted by Gasteiger charge is -2.47. The number of nitrogens with zero attached hydrogens (tertiary/aromatic N) is 2. The summed E-state index contributed by atoms with van der Waals surface area (Å²) in [6.07, 6.45) is 5.77. The highest BCUT2D eigenvalue weighted by molar-refractivity contribution is 5.76. The van der Waals surface area contributed by atoms with Crippen LogP contribution in [0, 0.1) is 24.7 Å². The Labute approximate surface area is 262 Å². The molecule has 4 fully saturated rings. The zero-order valence-corrected chi connectivity index (χ0v) is 26.9. The molecule has 4 aliphatic rings. The molecular weight excluding hydrogens is 556 g/mol. The van der Waals surface area contributed by atoms with Crippen LogP contribution in [0.1, 0.15) is 73.5 Å². The number of hydrogen-bond acceptors (Lipinski definition) is 8. The van der Waals surface area contributed by atoms with E-state index in [0.29, 0.717) is 24.3 Å².